The number of nitrogens with two attached hydrogens (primary N) is 2. The lowest BCUT2D eigenvalue weighted by Crippen LogP contribution is -2.50. The maximum Gasteiger partial charge on any atom is 0.237 e. The zero-order chi connectivity index (χ0) is 20.1. The van der Waals surface area contributed by atoms with E-state index in [4.69, 9.17) is 20.9 Å². The second kappa shape index (κ2) is 8.28. The molecule has 0 aliphatic carbocycles. The van der Waals surface area contributed by atoms with E-state index in [1.54, 1.807) is 0 Å². The van der Waals surface area contributed by atoms with Crippen molar-refractivity contribution in [3.8, 4) is 11.6 Å². The van der Waals surface area contributed by atoms with Crippen LogP contribution in [-0.2, 0) is 15.1 Å². The number of rotatable bonds is 7. The van der Waals surface area contributed by atoms with Gasteiger partial charge in [0.1, 0.15) is 17.1 Å². The molecule has 0 saturated heterocycles. The van der Waals surface area contributed by atoms with Gasteiger partial charge in [0.2, 0.25) is 11.8 Å². The third-order valence-electron chi connectivity index (χ3n) is 4.29. The van der Waals surface area contributed by atoms with E-state index in [2.05, 4.69) is 15.0 Å². The largest absolute Gasteiger partial charge is 0.437 e. The highest BCUT2D eigenvalue weighted by Crippen LogP contribution is 2.37. The van der Waals surface area contributed by atoms with Gasteiger partial charge in [-0.15, -0.1) is 0 Å². The summed E-state index contributed by atoms with van der Waals surface area (Å²) >= 11 is 0. The summed E-state index contributed by atoms with van der Waals surface area (Å²) in [6.07, 6.45) is 4.30. The topological polar surface area (TPSA) is 129 Å². The molecule has 1 aromatic heterocycles. The van der Waals surface area contributed by atoms with Crippen LogP contribution in [0.25, 0.3) is 0 Å². The molecule has 1 aliphatic heterocycles. The van der Waals surface area contributed by atoms with Crippen LogP contribution in [0.15, 0.2) is 41.8 Å². The molecule has 3 rings (SSSR count). The SMILES string of the molecule is CN1C(=O)CC(COCCN)(c2cc(Oc3cnccn3)ccc2F)N=C1N. The van der Waals surface area contributed by atoms with Gasteiger partial charge in [0.15, 0.2) is 5.96 Å². The lowest BCUT2D eigenvalue weighted by Gasteiger charge is -2.36. The number of carbonyl (C=O) groups is 1. The third kappa shape index (κ3) is 4.07. The smallest absolute Gasteiger partial charge is 0.237 e. The molecule has 148 valence electrons. The molecule has 0 saturated carbocycles. The van der Waals surface area contributed by atoms with Gasteiger partial charge in [0.25, 0.3) is 0 Å². The number of nitrogens with zero attached hydrogens (tertiary/aromatic N) is 4. The number of guanidine groups is 1. The molecular formula is C18H21FN6O3. The Kier molecular flexibility index (Phi) is 5.81. The zero-order valence-electron chi connectivity index (χ0n) is 15.3. The van der Waals surface area contributed by atoms with E-state index in [0.717, 1.165) is 0 Å². The lowest BCUT2D eigenvalue weighted by atomic mass is 9.85. The zero-order valence-corrected chi connectivity index (χ0v) is 15.3. The van der Waals surface area contributed by atoms with Gasteiger partial charge in [0, 0.05) is 31.5 Å². The van der Waals surface area contributed by atoms with E-state index in [1.807, 2.05) is 0 Å². The number of hydrogen-bond donors (Lipinski definition) is 2. The summed E-state index contributed by atoms with van der Waals surface area (Å²) in [5, 5.41) is 0. The van der Waals surface area contributed by atoms with Gasteiger partial charge in [-0.05, 0) is 18.2 Å². The maximum atomic E-state index is 14.8. The standard InChI is InChI=1S/C18H21FN6O3/c1-25-16(26)9-18(24-17(25)21,11-27-7-4-20)13-8-12(2-3-14(13)19)28-15-10-22-5-6-23-15/h2-3,5-6,8,10H,4,7,9,11,20H2,1H3,(H2,21,24). The van der Waals surface area contributed by atoms with Crippen molar-refractivity contribution in [2.24, 2.45) is 16.5 Å². The van der Waals surface area contributed by atoms with E-state index in [0.29, 0.717) is 5.75 Å². The van der Waals surface area contributed by atoms with Crippen LogP contribution >= 0.6 is 0 Å². The predicted octanol–water partition coefficient (Wildman–Crippen LogP) is 0.755. The van der Waals surface area contributed by atoms with Crippen LogP contribution in [0.5, 0.6) is 11.6 Å². The molecule has 2 aromatic rings. The molecule has 4 N–H and O–H groups in total. The predicted molar refractivity (Wildman–Crippen MR) is 99.1 cm³/mol. The Labute approximate surface area is 161 Å². The summed E-state index contributed by atoms with van der Waals surface area (Å²) in [5.74, 6) is -0.321. The van der Waals surface area contributed by atoms with Crippen molar-refractivity contribution >= 4 is 11.9 Å². The van der Waals surface area contributed by atoms with E-state index in [-0.39, 0.29) is 49.5 Å². The molecule has 10 heteroatoms. The number of aliphatic imine (C=N–C) groups is 1. The van der Waals surface area contributed by atoms with Gasteiger partial charge in [-0.3, -0.25) is 14.7 Å². The monoisotopic (exact) mass is 388 g/mol. The number of benzene rings is 1. The third-order valence-corrected chi connectivity index (χ3v) is 4.29. The summed E-state index contributed by atoms with van der Waals surface area (Å²) < 4.78 is 26.0. The Balaban J connectivity index is 2.02. The molecule has 0 fully saturated rings. The average Bonchev–Trinajstić information content (AvgIpc) is 2.68. The molecule has 2 heterocycles. The highest BCUT2D eigenvalue weighted by molar-refractivity contribution is 5.98. The Hall–Kier alpha value is -3.11. The fourth-order valence-corrected chi connectivity index (χ4v) is 2.85. The summed E-state index contributed by atoms with van der Waals surface area (Å²) in [6.45, 7) is 0.454. The number of aromatic nitrogens is 2. The van der Waals surface area contributed by atoms with Gasteiger partial charge >= 0.3 is 0 Å². The minimum absolute atomic E-state index is 0.0211. The molecule has 28 heavy (non-hydrogen) atoms. The molecule has 1 amide bonds. The van der Waals surface area contributed by atoms with Crippen LogP contribution in [0.3, 0.4) is 0 Å². The van der Waals surface area contributed by atoms with Gasteiger partial charge in [-0.2, -0.15) is 0 Å². The van der Waals surface area contributed by atoms with E-state index < -0.39 is 11.4 Å². The Morgan fingerprint density at radius 1 is 1.36 bits per heavy atom. The first-order chi connectivity index (χ1) is 13.4. The van der Waals surface area contributed by atoms with Crippen molar-refractivity contribution in [2.45, 2.75) is 12.0 Å². The Bertz CT molecular complexity index is 879. The first kappa shape index (κ1) is 19.6. The van der Waals surface area contributed by atoms with Crippen LogP contribution in [0.1, 0.15) is 12.0 Å². The number of carbonyl (C=O) groups excluding carboxylic acids is 1. The second-order valence-corrected chi connectivity index (χ2v) is 6.26. The van der Waals surface area contributed by atoms with Crippen LogP contribution in [0.2, 0.25) is 0 Å². The molecule has 0 bridgehead atoms. The highest BCUT2D eigenvalue weighted by atomic mass is 19.1. The van der Waals surface area contributed by atoms with Gasteiger partial charge in [0.05, 0.1) is 25.8 Å². The average molecular weight is 388 g/mol. The molecular weight excluding hydrogens is 367 g/mol. The van der Waals surface area contributed by atoms with Crippen molar-refractivity contribution in [2.75, 3.05) is 26.8 Å². The summed E-state index contributed by atoms with van der Waals surface area (Å²) in [5.41, 5.74) is 10.2. The lowest BCUT2D eigenvalue weighted by molar-refractivity contribution is -0.129. The first-order valence-electron chi connectivity index (χ1n) is 8.59. The van der Waals surface area contributed by atoms with Gasteiger partial charge in [-0.1, -0.05) is 0 Å². The van der Waals surface area contributed by atoms with Crippen molar-refractivity contribution in [3.05, 3.63) is 48.2 Å². The molecule has 1 aliphatic rings. The molecule has 9 nitrogen and oxygen atoms in total. The maximum absolute atomic E-state index is 14.8. The summed E-state index contributed by atoms with van der Waals surface area (Å²) in [6, 6.07) is 4.15. The normalized spacial score (nSPS) is 19.5. The Morgan fingerprint density at radius 2 is 2.18 bits per heavy atom. The van der Waals surface area contributed by atoms with Gasteiger partial charge in [-0.25, -0.2) is 14.4 Å². The van der Waals surface area contributed by atoms with Crippen molar-refractivity contribution in [1.82, 2.24) is 14.9 Å². The van der Waals surface area contributed by atoms with Crippen molar-refractivity contribution < 1.29 is 18.7 Å². The molecule has 1 unspecified atom stereocenters. The van der Waals surface area contributed by atoms with Crippen LogP contribution in [0, 0.1) is 5.82 Å². The summed E-state index contributed by atoms with van der Waals surface area (Å²) in [7, 11) is 1.51. The van der Waals surface area contributed by atoms with Crippen molar-refractivity contribution in [3.63, 3.8) is 0 Å². The molecule has 1 atom stereocenters. The summed E-state index contributed by atoms with van der Waals surface area (Å²) in [4.78, 5) is 26.0. The van der Waals surface area contributed by atoms with Gasteiger partial charge < -0.3 is 20.9 Å². The number of hydrogen-bond acceptors (Lipinski definition) is 8. The minimum Gasteiger partial charge on any atom is -0.437 e. The van der Waals surface area contributed by atoms with Crippen molar-refractivity contribution in [1.29, 1.82) is 0 Å². The van der Waals surface area contributed by atoms with E-state index in [9.17, 15) is 9.18 Å². The Morgan fingerprint density at radius 3 is 2.86 bits per heavy atom. The molecule has 0 radical (unpaired) electrons. The van der Waals surface area contributed by atoms with E-state index in [1.165, 1.54) is 48.7 Å². The van der Waals surface area contributed by atoms with Crippen LogP contribution in [-0.4, -0.2) is 53.5 Å². The second-order valence-electron chi connectivity index (χ2n) is 6.26. The first-order valence-corrected chi connectivity index (χ1v) is 8.59. The molecule has 1 aromatic carbocycles. The fourth-order valence-electron chi connectivity index (χ4n) is 2.85. The fraction of sp³-hybridized carbons (Fsp3) is 0.333. The quantitative estimate of drug-likeness (QED) is 0.670. The van der Waals surface area contributed by atoms with Crippen LogP contribution < -0.4 is 16.2 Å². The number of amides is 1. The number of halogens is 1. The highest BCUT2D eigenvalue weighted by Gasteiger charge is 2.42. The molecule has 0 spiro atoms. The number of ether oxygens (including phenoxy) is 2. The minimum atomic E-state index is -1.32. The van der Waals surface area contributed by atoms with E-state index >= 15 is 0 Å². The van der Waals surface area contributed by atoms with Crippen LogP contribution in [0.4, 0.5) is 4.39 Å².